The maximum atomic E-state index is 12.0. The lowest BCUT2D eigenvalue weighted by Gasteiger charge is -2.28. The van der Waals surface area contributed by atoms with E-state index < -0.39 is 0 Å². The number of piperidine rings is 1. The van der Waals surface area contributed by atoms with E-state index in [0.717, 1.165) is 38.2 Å². The van der Waals surface area contributed by atoms with Crippen molar-refractivity contribution in [2.24, 2.45) is 0 Å². The van der Waals surface area contributed by atoms with Crippen LogP contribution in [0.1, 0.15) is 42.6 Å². The fourth-order valence-corrected chi connectivity index (χ4v) is 2.96. The van der Waals surface area contributed by atoms with Gasteiger partial charge >= 0.3 is 0 Å². The summed E-state index contributed by atoms with van der Waals surface area (Å²) in [6.07, 6.45) is 7.89. The molecule has 21 heavy (non-hydrogen) atoms. The Morgan fingerprint density at radius 1 is 1.29 bits per heavy atom. The zero-order chi connectivity index (χ0) is 14.5. The van der Waals surface area contributed by atoms with Crippen molar-refractivity contribution >= 4 is 11.6 Å². The van der Waals surface area contributed by atoms with Gasteiger partial charge in [0.15, 0.2) is 0 Å². The van der Waals surface area contributed by atoms with E-state index in [0.29, 0.717) is 12.2 Å². The highest BCUT2D eigenvalue weighted by atomic mass is 16.5. The second kappa shape index (κ2) is 6.89. The third kappa shape index (κ3) is 3.73. The third-order valence-electron chi connectivity index (χ3n) is 4.22. The number of ether oxygens (including phenoxy) is 1. The zero-order valence-corrected chi connectivity index (χ0v) is 12.4. The molecule has 114 valence electrons. The topological polar surface area (TPSA) is 54.5 Å². The van der Waals surface area contributed by atoms with E-state index in [2.05, 4.69) is 15.2 Å². The van der Waals surface area contributed by atoms with Crippen LogP contribution in [-0.4, -0.2) is 43.2 Å². The molecule has 3 rings (SSSR count). The number of hydrogen-bond acceptors (Lipinski definition) is 4. The molecule has 1 N–H and O–H groups in total. The van der Waals surface area contributed by atoms with E-state index in [9.17, 15) is 4.79 Å². The van der Waals surface area contributed by atoms with Crippen LogP contribution < -0.4 is 10.2 Å². The molecule has 2 aliphatic heterocycles. The molecule has 0 spiro atoms. The average Bonchev–Trinajstić information content (AvgIpc) is 3.07. The van der Waals surface area contributed by atoms with Crippen LogP contribution >= 0.6 is 0 Å². The second-order valence-corrected chi connectivity index (χ2v) is 5.79. The molecule has 2 fully saturated rings. The molecule has 0 aromatic carbocycles. The molecular weight excluding hydrogens is 266 g/mol. The van der Waals surface area contributed by atoms with Gasteiger partial charge in [-0.25, -0.2) is 4.98 Å². The van der Waals surface area contributed by atoms with Gasteiger partial charge in [0, 0.05) is 26.2 Å². The number of aromatic nitrogens is 1. The van der Waals surface area contributed by atoms with Crippen LogP contribution in [-0.2, 0) is 4.74 Å². The summed E-state index contributed by atoms with van der Waals surface area (Å²) < 4.78 is 5.50. The number of anilines is 1. The minimum atomic E-state index is -0.115. The molecule has 5 nitrogen and oxygen atoms in total. The van der Waals surface area contributed by atoms with Crippen molar-refractivity contribution in [1.82, 2.24) is 10.3 Å². The number of pyridine rings is 1. The van der Waals surface area contributed by atoms with Crippen LogP contribution in [0.25, 0.3) is 0 Å². The lowest BCUT2D eigenvalue weighted by atomic mass is 10.1. The smallest absolute Gasteiger partial charge is 0.269 e. The molecule has 1 atom stereocenters. The summed E-state index contributed by atoms with van der Waals surface area (Å²) in [6.45, 7) is 3.57. The van der Waals surface area contributed by atoms with Crippen molar-refractivity contribution in [3.8, 4) is 0 Å². The van der Waals surface area contributed by atoms with E-state index in [1.165, 1.54) is 19.3 Å². The van der Waals surface area contributed by atoms with Gasteiger partial charge in [-0.1, -0.05) is 0 Å². The number of nitrogens with zero attached hydrogens (tertiary/aromatic N) is 2. The number of amides is 1. The summed E-state index contributed by atoms with van der Waals surface area (Å²) >= 11 is 0. The van der Waals surface area contributed by atoms with Gasteiger partial charge in [0.2, 0.25) is 0 Å². The van der Waals surface area contributed by atoms with Gasteiger partial charge in [-0.3, -0.25) is 4.79 Å². The van der Waals surface area contributed by atoms with Crippen molar-refractivity contribution in [2.45, 2.75) is 38.2 Å². The molecule has 1 unspecified atom stereocenters. The zero-order valence-electron chi connectivity index (χ0n) is 12.4. The fourth-order valence-electron chi connectivity index (χ4n) is 2.96. The van der Waals surface area contributed by atoms with Crippen molar-refractivity contribution in [3.63, 3.8) is 0 Å². The molecule has 1 aromatic heterocycles. The van der Waals surface area contributed by atoms with Gasteiger partial charge in [-0.15, -0.1) is 0 Å². The highest BCUT2D eigenvalue weighted by molar-refractivity contribution is 5.92. The predicted molar refractivity (Wildman–Crippen MR) is 81.6 cm³/mol. The summed E-state index contributed by atoms with van der Waals surface area (Å²) in [4.78, 5) is 18.7. The highest BCUT2D eigenvalue weighted by Crippen LogP contribution is 2.18. The van der Waals surface area contributed by atoms with Gasteiger partial charge in [0.25, 0.3) is 5.91 Å². The summed E-state index contributed by atoms with van der Waals surface area (Å²) in [5.74, 6) is -0.115. The van der Waals surface area contributed by atoms with Crippen LogP contribution in [0.15, 0.2) is 18.3 Å². The molecule has 1 aromatic rings. The maximum absolute atomic E-state index is 12.0. The summed E-state index contributed by atoms with van der Waals surface area (Å²) in [7, 11) is 0. The Hall–Kier alpha value is -1.62. The van der Waals surface area contributed by atoms with Gasteiger partial charge < -0.3 is 15.0 Å². The average molecular weight is 289 g/mol. The van der Waals surface area contributed by atoms with Crippen molar-refractivity contribution in [2.75, 3.05) is 31.1 Å². The quantitative estimate of drug-likeness (QED) is 0.921. The maximum Gasteiger partial charge on any atom is 0.269 e. The van der Waals surface area contributed by atoms with E-state index in [4.69, 9.17) is 4.74 Å². The molecule has 1 amide bonds. The van der Waals surface area contributed by atoms with Crippen molar-refractivity contribution in [1.29, 1.82) is 0 Å². The Morgan fingerprint density at radius 3 is 2.81 bits per heavy atom. The number of rotatable bonds is 4. The minimum Gasteiger partial charge on any atom is -0.376 e. The highest BCUT2D eigenvalue weighted by Gasteiger charge is 2.17. The van der Waals surface area contributed by atoms with Gasteiger partial charge in [-0.2, -0.15) is 0 Å². The minimum absolute atomic E-state index is 0.115. The van der Waals surface area contributed by atoms with Crippen LogP contribution in [0.2, 0.25) is 0 Å². The molecule has 0 bridgehead atoms. The molecule has 2 saturated heterocycles. The Morgan fingerprint density at radius 2 is 2.14 bits per heavy atom. The van der Waals surface area contributed by atoms with E-state index in [1.54, 1.807) is 0 Å². The standard InChI is InChI=1S/C16H23N3O2/c20-16(18-12-14-5-4-10-21-14)15-7-6-13(11-17-15)19-8-2-1-3-9-19/h6-7,11,14H,1-5,8-10,12H2,(H,18,20). The molecule has 3 heterocycles. The first-order chi connectivity index (χ1) is 10.3. The largest absolute Gasteiger partial charge is 0.376 e. The number of carbonyl (C=O) groups is 1. The first kappa shape index (κ1) is 14.3. The summed E-state index contributed by atoms with van der Waals surface area (Å²) in [5, 5.41) is 2.90. The first-order valence-electron chi connectivity index (χ1n) is 7.94. The monoisotopic (exact) mass is 289 g/mol. The van der Waals surface area contributed by atoms with Crippen LogP contribution in [0.3, 0.4) is 0 Å². The van der Waals surface area contributed by atoms with Crippen LogP contribution in [0.5, 0.6) is 0 Å². The number of carbonyl (C=O) groups excluding carboxylic acids is 1. The Bertz CT molecular complexity index is 463. The van der Waals surface area contributed by atoms with Gasteiger partial charge in [0.1, 0.15) is 5.69 Å². The van der Waals surface area contributed by atoms with E-state index in [-0.39, 0.29) is 12.0 Å². The Balaban J connectivity index is 1.54. The van der Waals surface area contributed by atoms with Crippen molar-refractivity contribution < 1.29 is 9.53 Å². The SMILES string of the molecule is O=C(NCC1CCCO1)c1ccc(N2CCCCC2)cn1. The van der Waals surface area contributed by atoms with Gasteiger partial charge in [-0.05, 0) is 44.2 Å². The predicted octanol–water partition coefficient (Wildman–Crippen LogP) is 1.98. The molecule has 0 saturated carbocycles. The first-order valence-corrected chi connectivity index (χ1v) is 7.94. The molecule has 0 aliphatic carbocycles. The second-order valence-electron chi connectivity index (χ2n) is 5.79. The third-order valence-corrected chi connectivity index (χ3v) is 4.22. The Kier molecular flexibility index (Phi) is 4.70. The van der Waals surface area contributed by atoms with E-state index >= 15 is 0 Å². The van der Waals surface area contributed by atoms with Crippen molar-refractivity contribution in [3.05, 3.63) is 24.0 Å². The normalized spacial score (nSPS) is 22.3. The lowest BCUT2D eigenvalue weighted by molar-refractivity contribution is 0.0854. The fraction of sp³-hybridized carbons (Fsp3) is 0.625. The van der Waals surface area contributed by atoms with Gasteiger partial charge in [0.05, 0.1) is 18.0 Å². The Labute approximate surface area is 125 Å². The van der Waals surface area contributed by atoms with E-state index in [1.807, 2.05) is 18.3 Å². The molecular formula is C16H23N3O2. The molecule has 5 heteroatoms. The summed E-state index contributed by atoms with van der Waals surface area (Å²) in [6, 6.07) is 3.81. The summed E-state index contributed by atoms with van der Waals surface area (Å²) in [5.41, 5.74) is 1.60. The number of nitrogens with one attached hydrogen (secondary N) is 1. The van der Waals surface area contributed by atoms with Crippen LogP contribution in [0, 0.1) is 0 Å². The van der Waals surface area contributed by atoms with Crippen LogP contribution in [0.4, 0.5) is 5.69 Å². The lowest BCUT2D eigenvalue weighted by Crippen LogP contribution is -2.32. The molecule has 2 aliphatic rings. The number of hydrogen-bond donors (Lipinski definition) is 1. The molecule has 0 radical (unpaired) electrons.